The van der Waals surface area contributed by atoms with Crippen LogP contribution in [0, 0.1) is 0 Å². The van der Waals surface area contributed by atoms with E-state index in [-0.39, 0.29) is 5.91 Å². The van der Waals surface area contributed by atoms with Gasteiger partial charge in [0.05, 0.1) is 13.2 Å². The molecule has 1 aliphatic heterocycles. The Balaban J connectivity index is 2.39. The highest BCUT2D eigenvalue weighted by Gasteiger charge is 2.24. The quantitative estimate of drug-likeness (QED) is 0.535. The first-order valence-corrected chi connectivity index (χ1v) is 4.15. The van der Waals surface area contributed by atoms with E-state index in [0.717, 1.165) is 0 Å². The maximum atomic E-state index is 10.7. The van der Waals surface area contributed by atoms with Gasteiger partial charge in [0.25, 0.3) is 8.53 Å². The molecule has 58 valence electrons. The molecule has 0 saturated carbocycles. The predicted molar refractivity (Wildman–Crippen MR) is 37.3 cm³/mol. The van der Waals surface area contributed by atoms with Gasteiger partial charge in [0, 0.05) is 14.0 Å². The van der Waals surface area contributed by atoms with Gasteiger partial charge in [-0.25, -0.2) is 0 Å². The SMILES string of the molecule is CC(=O)N(C)P1OCCO1. The van der Waals surface area contributed by atoms with Gasteiger partial charge in [-0.3, -0.25) is 9.46 Å². The zero-order valence-electron chi connectivity index (χ0n) is 6.03. The van der Waals surface area contributed by atoms with Crippen molar-refractivity contribution in [3.63, 3.8) is 0 Å². The minimum absolute atomic E-state index is 0.0204. The van der Waals surface area contributed by atoms with Gasteiger partial charge in [-0.2, -0.15) is 0 Å². The molecule has 10 heavy (non-hydrogen) atoms. The van der Waals surface area contributed by atoms with Gasteiger partial charge in [0.1, 0.15) is 0 Å². The van der Waals surface area contributed by atoms with Crippen LogP contribution in [0.3, 0.4) is 0 Å². The van der Waals surface area contributed by atoms with E-state index in [2.05, 4.69) is 0 Å². The molecule has 0 aliphatic carbocycles. The first-order valence-electron chi connectivity index (χ1n) is 3.02. The summed E-state index contributed by atoms with van der Waals surface area (Å²) >= 11 is 0. The number of rotatable bonds is 1. The van der Waals surface area contributed by atoms with Crippen molar-refractivity contribution >= 4 is 14.4 Å². The third-order valence-electron chi connectivity index (χ3n) is 1.19. The summed E-state index contributed by atoms with van der Waals surface area (Å²) in [5.74, 6) is -0.0204. The summed E-state index contributed by atoms with van der Waals surface area (Å²) in [4.78, 5) is 10.7. The Morgan fingerprint density at radius 3 is 2.40 bits per heavy atom. The standard InChI is InChI=1S/C5H10NO3P/c1-5(7)6(2)10-8-3-4-9-10/h3-4H2,1-2H3. The van der Waals surface area contributed by atoms with Crippen LogP contribution in [0.2, 0.25) is 0 Å². The third kappa shape index (κ3) is 1.66. The van der Waals surface area contributed by atoms with Crippen molar-refractivity contribution in [1.82, 2.24) is 4.67 Å². The monoisotopic (exact) mass is 163 g/mol. The average Bonchev–Trinajstić information content (AvgIpc) is 2.36. The van der Waals surface area contributed by atoms with Crippen LogP contribution in [0.15, 0.2) is 0 Å². The van der Waals surface area contributed by atoms with Gasteiger partial charge in [0.2, 0.25) is 5.91 Å². The van der Waals surface area contributed by atoms with E-state index >= 15 is 0 Å². The maximum Gasteiger partial charge on any atom is 0.292 e. The molecule has 0 unspecified atom stereocenters. The average molecular weight is 163 g/mol. The van der Waals surface area contributed by atoms with Crippen molar-refractivity contribution < 1.29 is 13.8 Å². The van der Waals surface area contributed by atoms with Gasteiger partial charge in [-0.15, -0.1) is 0 Å². The Labute approximate surface area is 61.1 Å². The molecule has 1 heterocycles. The highest BCUT2D eigenvalue weighted by Crippen LogP contribution is 2.44. The smallest absolute Gasteiger partial charge is 0.292 e. The van der Waals surface area contributed by atoms with Crippen molar-refractivity contribution in [1.29, 1.82) is 0 Å². The molecule has 1 rings (SSSR count). The Hall–Kier alpha value is -0.180. The molecule has 0 atom stereocenters. The minimum Gasteiger partial charge on any atom is -0.315 e. The van der Waals surface area contributed by atoms with Crippen LogP contribution in [0.1, 0.15) is 6.92 Å². The normalized spacial score (nSPS) is 19.4. The number of hydrogen-bond acceptors (Lipinski definition) is 3. The molecular weight excluding hydrogens is 153 g/mol. The lowest BCUT2D eigenvalue weighted by atomic mass is 10.7. The zero-order valence-corrected chi connectivity index (χ0v) is 6.93. The summed E-state index contributed by atoms with van der Waals surface area (Å²) in [5.41, 5.74) is 0. The fourth-order valence-electron chi connectivity index (χ4n) is 0.556. The molecule has 1 aliphatic rings. The molecule has 0 N–H and O–H groups in total. The Bertz CT molecular complexity index is 135. The fourth-order valence-corrected chi connectivity index (χ4v) is 1.67. The minimum atomic E-state index is -1.06. The van der Waals surface area contributed by atoms with Gasteiger partial charge in [-0.05, 0) is 0 Å². The lowest BCUT2D eigenvalue weighted by Gasteiger charge is -2.18. The van der Waals surface area contributed by atoms with E-state index in [1.807, 2.05) is 0 Å². The molecule has 1 fully saturated rings. The van der Waals surface area contributed by atoms with Crippen LogP contribution < -0.4 is 0 Å². The van der Waals surface area contributed by atoms with Crippen molar-refractivity contribution in [3.8, 4) is 0 Å². The maximum absolute atomic E-state index is 10.7. The number of carbonyl (C=O) groups is 1. The number of carbonyl (C=O) groups excluding carboxylic acids is 1. The van der Waals surface area contributed by atoms with E-state index in [1.54, 1.807) is 7.05 Å². The van der Waals surface area contributed by atoms with E-state index < -0.39 is 8.53 Å². The second-order valence-corrected chi connectivity index (χ2v) is 3.54. The lowest BCUT2D eigenvalue weighted by molar-refractivity contribution is -0.123. The summed E-state index contributed by atoms with van der Waals surface area (Å²) < 4.78 is 11.7. The lowest BCUT2D eigenvalue weighted by Crippen LogP contribution is -2.17. The first-order chi connectivity index (χ1) is 4.72. The number of amides is 1. The zero-order chi connectivity index (χ0) is 7.56. The van der Waals surface area contributed by atoms with Gasteiger partial charge < -0.3 is 9.05 Å². The van der Waals surface area contributed by atoms with Crippen LogP contribution in [-0.2, 0) is 13.8 Å². The first kappa shape index (κ1) is 7.92. The second-order valence-electron chi connectivity index (χ2n) is 1.95. The Morgan fingerprint density at radius 2 is 2.00 bits per heavy atom. The van der Waals surface area contributed by atoms with Crippen LogP contribution >= 0.6 is 8.53 Å². The summed E-state index contributed by atoms with van der Waals surface area (Å²) in [6.45, 7) is 2.69. The Kier molecular flexibility index (Phi) is 2.60. The molecule has 0 bridgehead atoms. The van der Waals surface area contributed by atoms with Crippen molar-refractivity contribution in [2.75, 3.05) is 20.3 Å². The Morgan fingerprint density at radius 1 is 1.50 bits per heavy atom. The molecule has 0 aromatic rings. The van der Waals surface area contributed by atoms with Crippen LogP contribution in [0.4, 0.5) is 0 Å². The summed E-state index contributed by atoms with van der Waals surface area (Å²) in [6.07, 6.45) is 0. The molecule has 5 heteroatoms. The third-order valence-corrected chi connectivity index (χ3v) is 2.77. The van der Waals surface area contributed by atoms with Gasteiger partial charge in [0.15, 0.2) is 0 Å². The molecule has 0 aromatic carbocycles. The van der Waals surface area contributed by atoms with Crippen molar-refractivity contribution in [3.05, 3.63) is 0 Å². The van der Waals surface area contributed by atoms with E-state index in [1.165, 1.54) is 11.6 Å². The summed E-state index contributed by atoms with van der Waals surface area (Å²) in [5, 5.41) is 0. The van der Waals surface area contributed by atoms with Crippen LogP contribution in [0.5, 0.6) is 0 Å². The topological polar surface area (TPSA) is 38.8 Å². The summed E-state index contributed by atoms with van der Waals surface area (Å²) in [7, 11) is 0.618. The van der Waals surface area contributed by atoms with Crippen LogP contribution in [-0.4, -0.2) is 30.8 Å². The van der Waals surface area contributed by atoms with Gasteiger partial charge >= 0.3 is 0 Å². The predicted octanol–water partition coefficient (Wildman–Crippen LogP) is 0.738. The largest absolute Gasteiger partial charge is 0.315 e. The van der Waals surface area contributed by atoms with Crippen LogP contribution in [0.25, 0.3) is 0 Å². The molecular formula is C5H10NO3P. The molecule has 1 amide bonds. The molecule has 4 nitrogen and oxygen atoms in total. The van der Waals surface area contributed by atoms with Crippen molar-refractivity contribution in [2.24, 2.45) is 0 Å². The number of nitrogens with zero attached hydrogens (tertiary/aromatic N) is 1. The highest BCUT2D eigenvalue weighted by molar-refractivity contribution is 7.45. The molecule has 0 spiro atoms. The summed E-state index contributed by atoms with van der Waals surface area (Å²) in [6, 6.07) is 0. The van der Waals surface area contributed by atoms with E-state index in [4.69, 9.17) is 9.05 Å². The molecule has 0 aromatic heterocycles. The highest BCUT2D eigenvalue weighted by atomic mass is 31.2. The van der Waals surface area contributed by atoms with Crippen molar-refractivity contribution in [2.45, 2.75) is 6.92 Å². The molecule has 0 radical (unpaired) electrons. The van der Waals surface area contributed by atoms with Gasteiger partial charge in [-0.1, -0.05) is 0 Å². The van der Waals surface area contributed by atoms with E-state index in [9.17, 15) is 4.79 Å². The second kappa shape index (κ2) is 3.28. The number of hydrogen-bond donors (Lipinski definition) is 0. The fraction of sp³-hybridized carbons (Fsp3) is 0.800. The van der Waals surface area contributed by atoms with E-state index in [0.29, 0.717) is 13.2 Å². The molecule has 1 saturated heterocycles.